The van der Waals surface area contributed by atoms with Crippen LogP contribution >= 0.6 is 11.8 Å². The predicted octanol–water partition coefficient (Wildman–Crippen LogP) is 2.89. The molecule has 0 radical (unpaired) electrons. The lowest BCUT2D eigenvalue weighted by Gasteiger charge is -2.08. The van der Waals surface area contributed by atoms with Crippen LogP contribution < -0.4 is 4.74 Å². The number of carboxylic acid groups (broad SMARTS) is 1. The second-order valence-electron chi connectivity index (χ2n) is 4.17. The zero-order valence-electron chi connectivity index (χ0n) is 11.6. The quantitative estimate of drug-likeness (QED) is 0.592. The van der Waals surface area contributed by atoms with Crippen LogP contribution in [0, 0.1) is 0 Å². The standard InChI is InChI=1S/C14H16N2O4S/c1-2-12-15-16-14(20-12)21-9-5-8-19-11-7-4-3-6-10(11)13(17)18/h3-4,6-7H,2,5,8-9H2,1H3,(H,17,18). The van der Waals surface area contributed by atoms with Crippen LogP contribution in [-0.2, 0) is 6.42 Å². The number of hydrogen-bond donors (Lipinski definition) is 1. The summed E-state index contributed by atoms with van der Waals surface area (Å²) < 4.78 is 10.9. The average Bonchev–Trinajstić information content (AvgIpc) is 2.95. The molecule has 6 nitrogen and oxygen atoms in total. The number of ether oxygens (including phenoxy) is 1. The lowest BCUT2D eigenvalue weighted by Crippen LogP contribution is -2.04. The van der Waals surface area contributed by atoms with Gasteiger partial charge in [0.15, 0.2) is 0 Å². The number of hydrogen-bond acceptors (Lipinski definition) is 6. The maximum Gasteiger partial charge on any atom is 0.339 e. The van der Waals surface area contributed by atoms with Gasteiger partial charge in [0.05, 0.1) is 6.61 Å². The summed E-state index contributed by atoms with van der Waals surface area (Å²) in [6.45, 7) is 2.39. The van der Waals surface area contributed by atoms with Gasteiger partial charge in [-0.2, -0.15) is 0 Å². The van der Waals surface area contributed by atoms with Gasteiger partial charge in [0.2, 0.25) is 5.89 Å². The van der Waals surface area contributed by atoms with E-state index in [4.69, 9.17) is 14.3 Å². The smallest absolute Gasteiger partial charge is 0.339 e. The third-order valence-corrected chi connectivity index (χ3v) is 3.54. The van der Waals surface area contributed by atoms with Crippen molar-refractivity contribution in [1.29, 1.82) is 0 Å². The van der Waals surface area contributed by atoms with Crippen LogP contribution in [0.2, 0.25) is 0 Å². The molecule has 1 aromatic heterocycles. The number of aromatic carboxylic acids is 1. The summed E-state index contributed by atoms with van der Waals surface area (Å²) in [5, 5.41) is 17.4. The van der Waals surface area contributed by atoms with Gasteiger partial charge in [-0.25, -0.2) is 4.79 Å². The van der Waals surface area contributed by atoms with Crippen LogP contribution in [0.1, 0.15) is 29.6 Å². The summed E-state index contributed by atoms with van der Waals surface area (Å²) in [5.41, 5.74) is 0.176. The highest BCUT2D eigenvalue weighted by atomic mass is 32.2. The summed E-state index contributed by atoms with van der Waals surface area (Å²) >= 11 is 1.47. The molecule has 2 aromatic rings. The Bertz CT molecular complexity index is 600. The first kappa shape index (κ1) is 15.4. The minimum absolute atomic E-state index is 0.176. The molecule has 21 heavy (non-hydrogen) atoms. The number of carbonyl (C=O) groups is 1. The number of rotatable bonds is 8. The fraction of sp³-hybridized carbons (Fsp3) is 0.357. The number of benzene rings is 1. The molecule has 0 atom stereocenters. The van der Waals surface area contributed by atoms with Crippen LogP contribution in [0.25, 0.3) is 0 Å². The average molecular weight is 308 g/mol. The zero-order valence-corrected chi connectivity index (χ0v) is 12.4. The van der Waals surface area contributed by atoms with Gasteiger partial charge in [-0.1, -0.05) is 30.8 Å². The summed E-state index contributed by atoms with van der Waals surface area (Å²) in [6.07, 6.45) is 1.48. The molecule has 0 aliphatic carbocycles. The number of para-hydroxylation sites is 1. The molecule has 0 bridgehead atoms. The van der Waals surface area contributed by atoms with E-state index in [1.807, 2.05) is 6.92 Å². The maximum atomic E-state index is 11.0. The Hall–Kier alpha value is -2.02. The topological polar surface area (TPSA) is 85.5 Å². The highest BCUT2D eigenvalue weighted by Gasteiger charge is 2.10. The van der Waals surface area contributed by atoms with Crippen molar-refractivity contribution in [3.05, 3.63) is 35.7 Å². The maximum absolute atomic E-state index is 11.0. The van der Waals surface area contributed by atoms with Crippen LogP contribution in [0.3, 0.4) is 0 Å². The Morgan fingerprint density at radius 3 is 2.90 bits per heavy atom. The molecule has 0 saturated carbocycles. The van der Waals surface area contributed by atoms with Crippen LogP contribution in [0.4, 0.5) is 0 Å². The van der Waals surface area contributed by atoms with Crippen molar-refractivity contribution in [1.82, 2.24) is 10.2 Å². The first-order valence-electron chi connectivity index (χ1n) is 6.61. The van der Waals surface area contributed by atoms with Gasteiger partial charge in [-0.05, 0) is 18.6 Å². The van der Waals surface area contributed by atoms with Crippen molar-refractivity contribution < 1.29 is 19.1 Å². The molecule has 0 saturated heterocycles. The van der Waals surface area contributed by atoms with Gasteiger partial charge in [-0.3, -0.25) is 0 Å². The highest BCUT2D eigenvalue weighted by Crippen LogP contribution is 2.20. The van der Waals surface area contributed by atoms with Gasteiger partial charge >= 0.3 is 5.97 Å². The largest absolute Gasteiger partial charge is 0.493 e. The van der Waals surface area contributed by atoms with Crippen molar-refractivity contribution in [3.8, 4) is 5.75 Å². The lowest BCUT2D eigenvalue weighted by atomic mass is 10.2. The zero-order chi connectivity index (χ0) is 15.1. The molecule has 2 rings (SSSR count). The van der Waals surface area contributed by atoms with E-state index in [1.165, 1.54) is 17.8 Å². The van der Waals surface area contributed by atoms with Gasteiger partial charge < -0.3 is 14.3 Å². The summed E-state index contributed by atoms with van der Waals surface area (Å²) in [6, 6.07) is 6.60. The van der Waals surface area contributed by atoms with E-state index in [0.717, 1.165) is 18.6 Å². The van der Waals surface area contributed by atoms with E-state index in [2.05, 4.69) is 10.2 Å². The third-order valence-electron chi connectivity index (χ3n) is 2.64. The first-order chi connectivity index (χ1) is 10.2. The molecule has 0 amide bonds. The second-order valence-corrected chi connectivity index (χ2v) is 5.21. The molecule has 0 unspecified atom stereocenters. The fourth-order valence-electron chi connectivity index (χ4n) is 1.61. The molecular formula is C14H16N2O4S. The molecule has 1 heterocycles. The van der Waals surface area contributed by atoms with Crippen LogP contribution in [-0.4, -0.2) is 33.6 Å². The third kappa shape index (κ3) is 4.49. The molecule has 0 aliphatic heterocycles. The summed E-state index contributed by atoms with van der Waals surface area (Å²) in [7, 11) is 0. The van der Waals surface area contributed by atoms with Crippen LogP contribution in [0.5, 0.6) is 5.75 Å². The van der Waals surface area contributed by atoms with E-state index in [9.17, 15) is 4.79 Å². The lowest BCUT2D eigenvalue weighted by molar-refractivity contribution is 0.0692. The number of thioether (sulfide) groups is 1. The Labute approximate surface area is 126 Å². The van der Waals surface area contributed by atoms with Crippen LogP contribution in [0.15, 0.2) is 33.9 Å². The molecule has 7 heteroatoms. The van der Waals surface area contributed by atoms with E-state index >= 15 is 0 Å². The van der Waals surface area contributed by atoms with E-state index in [1.54, 1.807) is 18.2 Å². The molecule has 0 aliphatic rings. The van der Waals surface area contributed by atoms with Crippen molar-refractivity contribution in [2.24, 2.45) is 0 Å². The number of aromatic nitrogens is 2. The number of aryl methyl sites for hydroxylation is 1. The molecule has 0 fully saturated rings. The Morgan fingerprint density at radius 1 is 1.38 bits per heavy atom. The Balaban J connectivity index is 1.74. The summed E-state index contributed by atoms with van der Waals surface area (Å²) in [5.74, 6) is 0.795. The SMILES string of the molecule is CCc1nnc(SCCCOc2ccccc2C(=O)O)o1. The van der Waals surface area contributed by atoms with Crippen molar-refractivity contribution in [3.63, 3.8) is 0 Å². The predicted molar refractivity (Wildman–Crippen MR) is 77.9 cm³/mol. The minimum atomic E-state index is -0.988. The molecular weight excluding hydrogens is 292 g/mol. The Morgan fingerprint density at radius 2 is 2.19 bits per heavy atom. The number of carboxylic acids is 1. The molecule has 1 aromatic carbocycles. The van der Waals surface area contributed by atoms with Gasteiger partial charge in [-0.15, -0.1) is 10.2 Å². The number of nitrogens with zero attached hydrogens (tertiary/aromatic N) is 2. The molecule has 112 valence electrons. The van der Waals surface area contributed by atoms with Gasteiger partial charge in [0, 0.05) is 12.2 Å². The fourth-order valence-corrected chi connectivity index (χ4v) is 2.30. The van der Waals surface area contributed by atoms with Crippen molar-refractivity contribution in [2.45, 2.75) is 25.0 Å². The Kier molecular flexibility index (Phi) is 5.62. The summed E-state index contributed by atoms with van der Waals surface area (Å²) in [4.78, 5) is 11.0. The van der Waals surface area contributed by atoms with E-state index in [-0.39, 0.29) is 5.56 Å². The van der Waals surface area contributed by atoms with Gasteiger partial charge in [0.25, 0.3) is 5.22 Å². The van der Waals surface area contributed by atoms with Crippen molar-refractivity contribution in [2.75, 3.05) is 12.4 Å². The first-order valence-corrected chi connectivity index (χ1v) is 7.59. The molecule has 0 spiro atoms. The van der Waals surface area contributed by atoms with Crippen molar-refractivity contribution >= 4 is 17.7 Å². The van der Waals surface area contributed by atoms with E-state index < -0.39 is 5.97 Å². The second kappa shape index (κ2) is 7.68. The molecule has 1 N–H and O–H groups in total. The minimum Gasteiger partial charge on any atom is -0.493 e. The van der Waals surface area contributed by atoms with E-state index in [0.29, 0.717) is 23.5 Å². The van der Waals surface area contributed by atoms with Gasteiger partial charge in [0.1, 0.15) is 11.3 Å². The highest BCUT2D eigenvalue weighted by molar-refractivity contribution is 7.99. The monoisotopic (exact) mass is 308 g/mol. The normalized spacial score (nSPS) is 10.5.